The van der Waals surface area contributed by atoms with Gasteiger partial charge in [0.1, 0.15) is 5.82 Å². The second-order valence-corrected chi connectivity index (χ2v) is 12.6. The van der Waals surface area contributed by atoms with Crippen LogP contribution < -0.4 is 10.6 Å². The molecule has 4 aromatic rings. The van der Waals surface area contributed by atoms with Crippen molar-refractivity contribution in [1.82, 2.24) is 40.4 Å². The van der Waals surface area contributed by atoms with Crippen LogP contribution >= 0.6 is 0 Å². The number of fused-ring (bicyclic) bond motifs is 1. The summed E-state index contributed by atoms with van der Waals surface area (Å²) in [5.74, 6) is -0.147. The fourth-order valence-electron chi connectivity index (χ4n) is 5.90. The number of nitrogens with one attached hydrogen (secondary N) is 3. The summed E-state index contributed by atoms with van der Waals surface area (Å²) in [6, 6.07) is 6.80. The Morgan fingerprint density at radius 3 is 2.66 bits per heavy atom. The van der Waals surface area contributed by atoms with E-state index in [1.807, 2.05) is 42.7 Å². The summed E-state index contributed by atoms with van der Waals surface area (Å²) in [7, 11) is 0. The lowest BCUT2D eigenvalue weighted by atomic mass is 9.97. The number of nitrogens with zero attached hydrogens (tertiary/aromatic N) is 6. The summed E-state index contributed by atoms with van der Waals surface area (Å²) < 4.78 is 20.5. The molecule has 1 aromatic carbocycles. The number of hydrogen-bond donors (Lipinski definition) is 3. The Morgan fingerprint density at radius 1 is 1.14 bits per heavy atom. The lowest BCUT2D eigenvalue weighted by Crippen LogP contribution is -2.55. The number of aromatic amines is 1. The molecule has 0 bridgehead atoms. The average molecular weight is 604 g/mol. The van der Waals surface area contributed by atoms with Gasteiger partial charge in [-0.15, -0.1) is 0 Å². The maximum absolute atomic E-state index is 15.3. The molecule has 44 heavy (non-hydrogen) atoms. The Labute approximate surface area is 254 Å². The smallest absolute Gasteiger partial charge is 0.320 e. The van der Waals surface area contributed by atoms with Crippen LogP contribution in [-0.2, 0) is 12.0 Å². The zero-order valence-electron chi connectivity index (χ0n) is 25.5. The van der Waals surface area contributed by atoms with Gasteiger partial charge in [-0.3, -0.25) is 9.89 Å². The van der Waals surface area contributed by atoms with Crippen LogP contribution in [0.4, 0.5) is 15.0 Å². The van der Waals surface area contributed by atoms with Crippen molar-refractivity contribution in [3.63, 3.8) is 0 Å². The first kappa shape index (κ1) is 29.5. The molecule has 232 valence electrons. The Kier molecular flexibility index (Phi) is 7.95. The first-order valence-corrected chi connectivity index (χ1v) is 15.2. The van der Waals surface area contributed by atoms with E-state index >= 15 is 4.39 Å². The van der Waals surface area contributed by atoms with Crippen molar-refractivity contribution in [2.45, 2.75) is 77.4 Å². The predicted octanol–water partition coefficient (Wildman–Crippen LogP) is 4.86. The summed E-state index contributed by atoms with van der Waals surface area (Å²) in [6.07, 6.45) is 5.55. The number of likely N-dealkylation sites (tertiary alicyclic amines) is 2. The number of urea groups is 1. The molecule has 3 aromatic heterocycles. The van der Waals surface area contributed by atoms with Crippen LogP contribution in [0.15, 0.2) is 35.0 Å². The summed E-state index contributed by atoms with van der Waals surface area (Å²) in [6.45, 7) is 10.1. The third-order valence-corrected chi connectivity index (χ3v) is 8.47. The van der Waals surface area contributed by atoms with E-state index in [-0.39, 0.29) is 30.5 Å². The highest BCUT2D eigenvalue weighted by molar-refractivity contribution is 6.00. The Bertz CT molecular complexity index is 1670. The van der Waals surface area contributed by atoms with Gasteiger partial charge in [-0.1, -0.05) is 38.1 Å². The lowest BCUT2D eigenvalue weighted by Gasteiger charge is -2.41. The summed E-state index contributed by atoms with van der Waals surface area (Å²) in [5.41, 5.74) is 1.90. The van der Waals surface area contributed by atoms with Gasteiger partial charge in [-0.25, -0.2) is 14.2 Å². The number of anilines is 1. The SMILES string of the molecule is C[C@@H]1[C@H](Nc2n[nH]c3nccc(-c4ccc(CNC(=O)c5noc(C(C)(C)C)n5)c(F)c4)c23)CCCN1C(=O)N1CCCC1. The molecule has 2 saturated heterocycles. The summed E-state index contributed by atoms with van der Waals surface area (Å²) >= 11 is 0. The predicted molar refractivity (Wildman–Crippen MR) is 162 cm³/mol. The van der Waals surface area contributed by atoms with Crippen LogP contribution in [0.3, 0.4) is 0 Å². The minimum atomic E-state index is -0.546. The molecular formula is C31H38FN9O3. The van der Waals surface area contributed by atoms with E-state index in [9.17, 15) is 9.59 Å². The molecule has 0 saturated carbocycles. The van der Waals surface area contributed by atoms with Crippen molar-refractivity contribution >= 4 is 28.8 Å². The number of carbonyl (C=O) groups is 2. The van der Waals surface area contributed by atoms with Crippen LogP contribution in [-0.4, -0.2) is 78.8 Å². The average Bonchev–Trinajstić information content (AvgIpc) is 3.79. The van der Waals surface area contributed by atoms with E-state index in [2.05, 4.69) is 42.9 Å². The van der Waals surface area contributed by atoms with Gasteiger partial charge in [-0.05, 0) is 55.9 Å². The van der Waals surface area contributed by atoms with Gasteiger partial charge in [0.05, 0.1) is 11.4 Å². The Morgan fingerprint density at radius 2 is 1.93 bits per heavy atom. The summed E-state index contributed by atoms with van der Waals surface area (Å²) in [4.78, 5) is 38.3. The van der Waals surface area contributed by atoms with Crippen molar-refractivity contribution in [2.75, 3.05) is 25.0 Å². The second kappa shape index (κ2) is 11.9. The molecule has 13 heteroatoms. The van der Waals surface area contributed by atoms with Crippen LogP contribution in [0, 0.1) is 5.82 Å². The molecule has 2 fully saturated rings. The Balaban J connectivity index is 1.18. The number of amides is 3. The van der Waals surface area contributed by atoms with E-state index in [1.54, 1.807) is 12.3 Å². The Hall–Kier alpha value is -4.55. The van der Waals surface area contributed by atoms with Crippen molar-refractivity contribution in [3.05, 3.63) is 53.6 Å². The third kappa shape index (κ3) is 5.82. The fraction of sp³-hybridized carbons (Fsp3) is 0.484. The maximum Gasteiger partial charge on any atom is 0.320 e. The van der Waals surface area contributed by atoms with Crippen LogP contribution in [0.2, 0.25) is 0 Å². The van der Waals surface area contributed by atoms with Gasteiger partial charge in [-0.2, -0.15) is 10.1 Å². The van der Waals surface area contributed by atoms with Gasteiger partial charge < -0.3 is 25.0 Å². The summed E-state index contributed by atoms with van der Waals surface area (Å²) in [5, 5.41) is 18.2. The molecule has 0 aliphatic carbocycles. The third-order valence-electron chi connectivity index (χ3n) is 8.47. The van der Waals surface area contributed by atoms with Gasteiger partial charge in [0.25, 0.3) is 11.7 Å². The van der Waals surface area contributed by atoms with Gasteiger partial charge in [0, 0.05) is 49.4 Å². The van der Waals surface area contributed by atoms with Gasteiger partial charge >= 0.3 is 6.03 Å². The van der Waals surface area contributed by atoms with Crippen molar-refractivity contribution in [1.29, 1.82) is 0 Å². The van der Waals surface area contributed by atoms with Crippen molar-refractivity contribution in [2.24, 2.45) is 0 Å². The molecule has 5 heterocycles. The molecule has 2 aliphatic heterocycles. The highest BCUT2D eigenvalue weighted by atomic mass is 19.1. The maximum atomic E-state index is 15.3. The molecule has 0 unspecified atom stereocenters. The molecule has 12 nitrogen and oxygen atoms in total. The second-order valence-electron chi connectivity index (χ2n) is 12.6. The number of pyridine rings is 1. The number of rotatable bonds is 6. The monoisotopic (exact) mass is 603 g/mol. The molecular weight excluding hydrogens is 565 g/mol. The van der Waals surface area contributed by atoms with E-state index in [1.165, 1.54) is 6.07 Å². The normalized spacial score (nSPS) is 19.0. The first-order valence-electron chi connectivity index (χ1n) is 15.2. The number of H-pyrrole nitrogens is 1. The number of aromatic nitrogens is 5. The highest BCUT2D eigenvalue weighted by Crippen LogP contribution is 2.34. The molecule has 3 amide bonds. The van der Waals surface area contributed by atoms with Crippen LogP contribution in [0.25, 0.3) is 22.2 Å². The zero-order valence-corrected chi connectivity index (χ0v) is 25.5. The van der Waals surface area contributed by atoms with E-state index in [4.69, 9.17) is 4.52 Å². The molecule has 2 atom stereocenters. The van der Waals surface area contributed by atoms with Crippen molar-refractivity contribution < 1.29 is 18.5 Å². The van der Waals surface area contributed by atoms with Crippen molar-refractivity contribution in [3.8, 4) is 11.1 Å². The van der Waals surface area contributed by atoms with E-state index in [0.29, 0.717) is 28.5 Å². The van der Waals surface area contributed by atoms with E-state index < -0.39 is 17.1 Å². The van der Waals surface area contributed by atoms with Gasteiger partial charge in [0.2, 0.25) is 5.89 Å². The molecule has 6 rings (SSSR count). The quantitative estimate of drug-likeness (QED) is 0.284. The topological polar surface area (TPSA) is 145 Å². The van der Waals surface area contributed by atoms with Crippen LogP contribution in [0.5, 0.6) is 0 Å². The number of hydrogen-bond acceptors (Lipinski definition) is 8. The number of piperidine rings is 1. The molecule has 0 radical (unpaired) electrons. The largest absolute Gasteiger partial charge is 0.363 e. The standard InChI is InChI=1S/C31H38FN9O3/c1-18-23(8-7-15-41(18)30(43)40-13-5-6-14-40)35-26-24-21(11-12-33-25(24)37-38-26)19-9-10-20(22(32)16-19)17-34-28(42)27-36-29(44-39-27)31(2,3)4/h9-12,16,18,23H,5-8,13-15,17H2,1-4H3,(H,34,42)(H2,33,35,37,38)/t18-,23-/m1/s1. The number of halogens is 1. The van der Waals surface area contributed by atoms with E-state index in [0.717, 1.165) is 56.3 Å². The first-order chi connectivity index (χ1) is 21.1. The zero-order chi connectivity index (χ0) is 31.0. The fourth-order valence-corrected chi connectivity index (χ4v) is 5.90. The molecule has 3 N–H and O–H groups in total. The number of carbonyl (C=O) groups excluding carboxylic acids is 2. The molecule has 0 spiro atoms. The highest BCUT2D eigenvalue weighted by Gasteiger charge is 2.35. The molecule has 2 aliphatic rings. The van der Waals surface area contributed by atoms with Crippen LogP contribution in [0.1, 0.15) is 75.5 Å². The lowest BCUT2D eigenvalue weighted by molar-refractivity contribution is 0.0937. The minimum absolute atomic E-state index is 0.00346. The minimum Gasteiger partial charge on any atom is -0.363 e. The van der Waals surface area contributed by atoms with Gasteiger partial charge in [0.15, 0.2) is 11.5 Å². The number of benzene rings is 1.